The molecular weight excluding hydrogens is 306 g/mol. The number of anilines is 2. The van der Waals surface area contributed by atoms with E-state index in [1.165, 1.54) is 6.42 Å². The maximum Gasteiger partial charge on any atom is 0.241 e. The number of amides is 1. The van der Waals surface area contributed by atoms with Gasteiger partial charge in [-0.25, -0.2) is 0 Å². The van der Waals surface area contributed by atoms with Gasteiger partial charge < -0.3 is 16.0 Å². The van der Waals surface area contributed by atoms with E-state index in [0.717, 1.165) is 47.3 Å². The molecule has 0 bridgehead atoms. The van der Waals surface area contributed by atoms with Crippen LogP contribution < -0.4 is 11.1 Å². The van der Waals surface area contributed by atoms with Gasteiger partial charge in [-0.05, 0) is 59.8 Å². The zero-order chi connectivity index (χ0) is 13.8. The minimum Gasteiger partial charge on any atom is -0.398 e. The van der Waals surface area contributed by atoms with E-state index in [1.807, 2.05) is 24.0 Å². The van der Waals surface area contributed by atoms with Gasteiger partial charge in [0.25, 0.3) is 0 Å². The van der Waals surface area contributed by atoms with Crippen molar-refractivity contribution in [3.63, 3.8) is 0 Å². The molecule has 0 radical (unpaired) electrons. The molecular formula is C14H20BrN3O. The first-order valence-electron chi connectivity index (χ1n) is 6.65. The Balaban J connectivity index is 1.94. The van der Waals surface area contributed by atoms with Crippen LogP contribution in [0.1, 0.15) is 24.8 Å². The summed E-state index contributed by atoms with van der Waals surface area (Å²) in [5, 5.41) is 3.18. The van der Waals surface area contributed by atoms with Gasteiger partial charge in [0.2, 0.25) is 5.91 Å². The molecule has 2 rings (SSSR count). The Morgan fingerprint density at radius 1 is 1.37 bits per heavy atom. The van der Waals surface area contributed by atoms with Crippen molar-refractivity contribution in [3.05, 3.63) is 22.2 Å². The van der Waals surface area contributed by atoms with Gasteiger partial charge >= 0.3 is 0 Å². The smallest absolute Gasteiger partial charge is 0.241 e. The van der Waals surface area contributed by atoms with Crippen molar-refractivity contribution in [2.24, 2.45) is 0 Å². The molecule has 1 aliphatic heterocycles. The Morgan fingerprint density at radius 3 is 2.74 bits per heavy atom. The second-order valence-corrected chi connectivity index (χ2v) is 5.84. The quantitative estimate of drug-likeness (QED) is 0.840. The molecule has 4 nitrogen and oxygen atoms in total. The van der Waals surface area contributed by atoms with Crippen molar-refractivity contribution < 1.29 is 4.79 Å². The largest absolute Gasteiger partial charge is 0.398 e. The van der Waals surface area contributed by atoms with Crippen LogP contribution in [0, 0.1) is 6.92 Å². The van der Waals surface area contributed by atoms with Gasteiger partial charge in [0, 0.05) is 28.9 Å². The normalized spacial score (nSPS) is 15.4. The maximum atomic E-state index is 12.1. The Bertz CT molecular complexity index is 470. The molecule has 0 aliphatic carbocycles. The minimum atomic E-state index is 0.168. The number of likely N-dealkylation sites (tertiary alicyclic amines) is 1. The number of nitrogens with zero attached hydrogens (tertiary/aromatic N) is 1. The molecule has 1 heterocycles. The highest BCUT2D eigenvalue weighted by molar-refractivity contribution is 9.10. The van der Waals surface area contributed by atoms with Crippen LogP contribution in [0.2, 0.25) is 0 Å². The van der Waals surface area contributed by atoms with Crippen LogP contribution in [0.3, 0.4) is 0 Å². The number of benzene rings is 1. The highest BCUT2D eigenvalue weighted by atomic mass is 79.9. The van der Waals surface area contributed by atoms with Crippen LogP contribution in [0.25, 0.3) is 0 Å². The van der Waals surface area contributed by atoms with Crippen LogP contribution in [0.5, 0.6) is 0 Å². The molecule has 0 atom stereocenters. The van der Waals surface area contributed by atoms with Gasteiger partial charge in [-0.2, -0.15) is 0 Å². The number of aryl methyl sites for hydroxylation is 1. The van der Waals surface area contributed by atoms with Gasteiger partial charge in [-0.1, -0.05) is 0 Å². The van der Waals surface area contributed by atoms with Crippen LogP contribution in [-0.4, -0.2) is 30.4 Å². The van der Waals surface area contributed by atoms with E-state index >= 15 is 0 Å². The molecule has 0 unspecified atom stereocenters. The second kappa shape index (κ2) is 6.28. The van der Waals surface area contributed by atoms with Crippen LogP contribution in [-0.2, 0) is 4.79 Å². The summed E-state index contributed by atoms with van der Waals surface area (Å²) in [6, 6.07) is 3.83. The molecule has 3 N–H and O–H groups in total. The average Bonchev–Trinajstić information content (AvgIpc) is 2.42. The summed E-state index contributed by atoms with van der Waals surface area (Å²) in [4.78, 5) is 14.0. The van der Waals surface area contributed by atoms with Crippen molar-refractivity contribution in [2.45, 2.75) is 26.2 Å². The fourth-order valence-corrected chi connectivity index (χ4v) is 2.76. The first-order chi connectivity index (χ1) is 9.08. The average molecular weight is 326 g/mol. The molecule has 19 heavy (non-hydrogen) atoms. The van der Waals surface area contributed by atoms with Crippen molar-refractivity contribution in [3.8, 4) is 0 Å². The number of rotatable bonds is 3. The zero-order valence-electron chi connectivity index (χ0n) is 11.2. The predicted octanol–water partition coefficient (Wildman–Crippen LogP) is 2.76. The molecule has 5 heteroatoms. The predicted molar refractivity (Wildman–Crippen MR) is 82.2 cm³/mol. The minimum absolute atomic E-state index is 0.168. The lowest BCUT2D eigenvalue weighted by Gasteiger charge is -2.27. The maximum absolute atomic E-state index is 12.1. The summed E-state index contributed by atoms with van der Waals surface area (Å²) < 4.78 is 0.891. The Labute approximate surface area is 122 Å². The standard InChI is InChI=1S/C14H20BrN3O/c1-10-7-13(11(15)8-12(10)16)17-9-14(19)18-5-3-2-4-6-18/h7-8,17H,2-6,9,16H2,1H3. The first kappa shape index (κ1) is 14.2. The SMILES string of the molecule is Cc1cc(NCC(=O)N2CCCCC2)c(Br)cc1N. The van der Waals surface area contributed by atoms with Crippen molar-refractivity contribution in [1.82, 2.24) is 4.90 Å². The fraction of sp³-hybridized carbons (Fsp3) is 0.500. The molecule has 0 saturated carbocycles. The van der Waals surface area contributed by atoms with Crippen molar-refractivity contribution in [1.29, 1.82) is 0 Å². The molecule has 1 aromatic carbocycles. The van der Waals surface area contributed by atoms with Crippen LogP contribution >= 0.6 is 15.9 Å². The molecule has 1 aliphatic rings. The Kier molecular flexibility index (Phi) is 4.69. The summed E-state index contributed by atoms with van der Waals surface area (Å²) in [5.41, 5.74) is 8.50. The third-order valence-electron chi connectivity index (χ3n) is 3.49. The van der Waals surface area contributed by atoms with E-state index in [-0.39, 0.29) is 5.91 Å². The first-order valence-corrected chi connectivity index (χ1v) is 7.44. The number of hydrogen-bond donors (Lipinski definition) is 2. The second-order valence-electron chi connectivity index (χ2n) is 4.98. The van der Waals surface area contributed by atoms with Gasteiger partial charge in [-0.3, -0.25) is 4.79 Å². The summed E-state index contributed by atoms with van der Waals surface area (Å²) in [6.07, 6.45) is 3.48. The molecule has 1 amide bonds. The summed E-state index contributed by atoms with van der Waals surface area (Å²) in [7, 11) is 0. The van der Waals surface area contributed by atoms with E-state index in [4.69, 9.17) is 5.73 Å². The van der Waals surface area contributed by atoms with E-state index < -0.39 is 0 Å². The zero-order valence-corrected chi connectivity index (χ0v) is 12.8. The van der Waals surface area contributed by atoms with E-state index in [2.05, 4.69) is 21.2 Å². The van der Waals surface area contributed by atoms with E-state index in [9.17, 15) is 4.79 Å². The fourth-order valence-electron chi connectivity index (χ4n) is 2.26. The van der Waals surface area contributed by atoms with Crippen molar-refractivity contribution in [2.75, 3.05) is 30.7 Å². The molecule has 104 valence electrons. The number of hydrogen-bond acceptors (Lipinski definition) is 3. The molecule has 0 spiro atoms. The molecule has 1 saturated heterocycles. The number of halogens is 1. The number of carbonyl (C=O) groups excluding carboxylic acids is 1. The summed E-state index contributed by atoms with van der Waals surface area (Å²) >= 11 is 3.46. The van der Waals surface area contributed by atoms with E-state index in [0.29, 0.717) is 6.54 Å². The monoisotopic (exact) mass is 325 g/mol. The van der Waals surface area contributed by atoms with E-state index in [1.54, 1.807) is 0 Å². The number of piperidine rings is 1. The number of nitrogens with two attached hydrogens (primary N) is 1. The topological polar surface area (TPSA) is 58.4 Å². The molecule has 0 aromatic heterocycles. The lowest BCUT2D eigenvalue weighted by Crippen LogP contribution is -2.39. The molecule has 1 aromatic rings. The Morgan fingerprint density at radius 2 is 2.05 bits per heavy atom. The highest BCUT2D eigenvalue weighted by Crippen LogP contribution is 2.27. The highest BCUT2D eigenvalue weighted by Gasteiger charge is 2.16. The van der Waals surface area contributed by atoms with Crippen LogP contribution in [0.4, 0.5) is 11.4 Å². The van der Waals surface area contributed by atoms with Gasteiger partial charge in [0.1, 0.15) is 0 Å². The number of nitrogens with one attached hydrogen (secondary N) is 1. The third kappa shape index (κ3) is 3.62. The van der Waals surface area contributed by atoms with Gasteiger partial charge in [0.05, 0.1) is 6.54 Å². The summed E-state index contributed by atoms with van der Waals surface area (Å²) in [5.74, 6) is 0.168. The lowest BCUT2D eigenvalue weighted by molar-refractivity contribution is -0.130. The Hall–Kier alpha value is -1.23. The summed E-state index contributed by atoms with van der Waals surface area (Å²) in [6.45, 7) is 4.08. The van der Waals surface area contributed by atoms with Gasteiger partial charge in [0.15, 0.2) is 0 Å². The number of carbonyl (C=O) groups is 1. The lowest BCUT2D eigenvalue weighted by atomic mass is 10.1. The van der Waals surface area contributed by atoms with Gasteiger partial charge in [-0.15, -0.1) is 0 Å². The number of nitrogen functional groups attached to an aromatic ring is 1. The third-order valence-corrected chi connectivity index (χ3v) is 4.15. The van der Waals surface area contributed by atoms with Crippen LogP contribution in [0.15, 0.2) is 16.6 Å². The molecule has 1 fully saturated rings. The van der Waals surface area contributed by atoms with Crippen molar-refractivity contribution >= 4 is 33.2 Å².